The highest BCUT2D eigenvalue weighted by atomic mass is 16.1. The summed E-state index contributed by atoms with van der Waals surface area (Å²) >= 11 is 0. The van der Waals surface area contributed by atoms with Gasteiger partial charge in [-0.25, -0.2) is 0 Å². The van der Waals surface area contributed by atoms with Gasteiger partial charge < -0.3 is 15.6 Å². The SMILES string of the molecule is CC(C)(C)c1ccc(NC(=O)Cn2c3ccccc3c3cc(C(=N)N)ccc32)cc1. The van der Waals surface area contributed by atoms with Gasteiger partial charge in [0.2, 0.25) is 5.91 Å². The zero-order chi connectivity index (χ0) is 21.5. The maximum atomic E-state index is 12.8. The smallest absolute Gasteiger partial charge is 0.244 e. The van der Waals surface area contributed by atoms with Gasteiger partial charge in [0, 0.05) is 33.1 Å². The molecular weight excluding hydrogens is 372 g/mol. The Morgan fingerprint density at radius 3 is 2.30 bits per heavy atom. The number of nitrogens with one attached hydrogen (secondary N) is 2. The van der Waals surface area contributed by atoms with Crippen molar-refractivity contribution in [3.8, 4) is 0 Å². The minimum atomic E-state index is -0.0863. The number of nitrogens with two attached hydrogens (primary N) is 1. The average molecular weight is 399 g/mol. The fourth-order valence-corrected chi connectivity index (χ4v) is 3.79. The molecule has 0 aliphatic heterocycles. The molecule has 0 saturated carbocycles. The van der Waals surface area contributed by atoms with Crippen molar-refractivity contribution in [3.63, 3.8) is 0 Å². The molecule has 0 radical (unpaired) electrons. The molecule has 0 fully saturated rings. The highest BCUT2D eigenvalue weighted by Gasteiger charge is 2.15. The molecule has 0 bridgehead atoms. The molecule has 0 saturated heterocycles. The van der Waals surface area contributed by atoms with Gasteiger partial charge in [0.15, 0.2) is 0 Å². The molecule has 3 aromatic carbocycles. The number of anilines is 1. The molecule has 4 aromatic rings. The second kappa shape index (κ2) is 7.34. The van der Waals surface area contributed by atoms with Crippen molar-refractivity contribution in [2.75, 3.05) is 5.32 Å². The number of aromatic nitrogens is 1. The van der Waals surface area contributed by atoms with E-state index < -0.39 is 0 Å². The number of para-hydroxylation sites is 1. The molecule has 1 amide bonds. The average Bonchev–Trinajstić information content (AvgIpc) is 3.01. The van der Waals surface area contributed by atoms with Crippen LogP contribution in [0.2, 0.25) is 0 Å². The maximum absolute atomic E-state index is 12.8. The van der Waals surface area contributed by atoms with E-state index in [2.05, 4.69) is 38.2 Å². The molecule has 0 atom stereocenters. The van der Waals surface area contributed by atoms with Crippen LogP contribution in [-0.4, -0.2) is 16.3 Å². The van der Waals surface area contributed by atoms with E-state index in [1.165, 1.54) is 5.56 Å². The Balaban J connectivity index is 1.66. The molecule has 0 unspecified atom stereocenters. The van der Waals surface area contributed by atoms with Gasteiger partial charge in [-0.3, -0.25) is 10.2 Å². The summed E-state index contributed by atoms with van der Waals surface area (Å²) in [5.74, 6) is -0.0537. The maximum Gasteiger partial charge on any atom is 0.244 e. The van der Waals surface area contributed by atoms with Crippen molar-refractivity contribution in [1.82, 2.24) is 4.57 Å². The van der Waals surface area contributed by atoms with Gasteiger partial charge in [0.05, 0.1) is 0 Å². The Labute approximate surface area is 176 Å². The normalized spacial score (nSPS) is 11.7. The van der Waals surface area contributed by atoms with E-state index in [-0.39, 0.29) is 23.7 Å². The number of rotatable bonds is 4. The summed E-state index contributed by atoms with van der Waals surface area (Å²) in [5, 5.41) is 12.8. The first-order valence-electron chi connectivity index (χ1n) is 10.00. The number of nitrogens with zero attached hydrogens (tertiary/aromatic N) is 1. The third-order valence-electron chi connectivity index (χ3n) is 5.42. The number of carbonyl (C=O) groups excluding carboxylic acids is 1. The van der Waals surface area contributed by atoms with Gasteiger partial charge >= 0.3 is 0 Å². The molecule has 1 heterocycles. The lowest BCUT2D eigenvalue weighted by molar-refractivity contribution is -0.116. The third-order valence-corrected chi connectivity index (χ3v) is 5.42. The van der Waals surface area contributed by atoms with Crippen LogP contribution in [-0.2, 0) is 16.8 Å². The Bertz CT molecular complexity index is 1260. The van der Waals surface area contributed by atoms with Crippen LogP contribution in [0.3, 0.4) is 0 Å². The first-order chi connectivity index (χ1) is 14.2. The Kier molecular flexibility index (Phi) is 4.82. The molecule has 4 N–H and O–H groups in total. The van der Waals surface area contributed by atoms with Crippen molar-refractivity contribution >= 4 is 39.2 Å². The summed E-state index contributed by atoms with van der Waals surface area (Å²) < 4.78 is 2.01. The van der Waals surface area contributed by atoms with E-state index in [1.54, 1.807) is 0 Å². The Morgan fingerprint density at radius 1 is 0.967 bits per heavy atom. The fraction of sp³-hybridized carbons (Fsp3) is 0.200. The van der Waals surface area contributed by atoms with Crippen molar-refractivity contribution in [3.05, 3.63) is 77.9 Å². The zero-order valence-electron chi connectivity index (χ0n) is 17.5. The fourth-order valence-electron chi connectivity index (χ4n) is 3.79. The second-order valence-corrected chi connectivity index (χ2v) is 8.62. The largest absolute Gasteiger partial charge is 0.384 e. The topological polar surface area (TPSA) is 83.9 Å². The predicted molar refractivity (Wildman–Crippen MR) is 124 cm³/mol. The highest BCUT2D eigenvalue weighted by molar-refractivity contribution is 6.11. The highest BCUT2D eigenvalue weighted by Crippen LogP contribution is 2.30. The van der Waals surface area contributed by atoms with E-state index >= 15 is 0 Å². The summed E-state index contributed by atoms with van der Waals surface area (Å²) in [6.45, 7) is 6.70. The quantitative estimate of drug-likeness (QED) is 0.333. The second-order valence-electron chi connectivity index (χ2n) is 8.62. The van der Waals surface area contributed by atoms with Gasteiger partial charge in [0.25, 0.3) is 0 Å². The van der Waals surface area contributed by atoms with Crippen LogP contribution in [0.4, 0.5) is 5.69 Å². The van der Waals surface area contributed by atoms with Crippen LogP contribution in [0.1, 0.15) is 31.9 Å². The molecular formula is C25H26N4O. The van der Waals surface area contributed by atoms with Crippen molar-refractivity contribution in [2.24, 2.45) is 5.73 Å². The van der Waals surface area contributed by atoms with Gasteiger partial charge in [-0.2, -0.15) is 0 Å². The third kappa shape index (κ3) is 3.66. The number of carbonyl (C=O) groups is 1. The van der Waals surface area contributed by atoms with E-state index in [0.717, 1.165) is 27.5 Å². The molecule has 4 rings (SSSR count). The predicted octanol–water partition coefficient (Wildman–Crippen LogP) is 5.01. The van der Waals surface area contributed by atoms with E-state index in [1.807, 2.05) is 59.2 Å². The van der Waals surface area contributed by atoms with Gasteiger partial charge in [-0.1, -0.05) is 51.1 Å². The number of hydrogen-bond donors (Lipinski definition) is 3. The number of nitrogen functional groups attached to an aromatic ring is 1. The van der Waals surface area contributed by atoms with Crippen molar-refractivity contribution < 1.29 is 4.79 Å². The summed E-state index contributed by atoms with van der Waals surface area (Å²) in [6.07, 6.45) is 0. The summed E-state index contributed by atoms with van der Waals surface area (Å²) in [5.41, 5.74) is 10.4. The number of fused-ring (bicyclic) bond motifs is 3. The van der Waals surface area contributed by atoms with Crippen LogP contribution in [0.15, 0.2) is 66.7 Å². The van der Waals surface area contributed by atoms with Crippen LogP contribution in [0, 0.1) is 5.41 Å². The Morgan fingerprint density at radius 2 is 1.63 bits per heavy atom. The lowest BCUT2D eigenvalue weighted by atomic mass is 9.87. The molecule has 1 aromatic heterocycles. The zero-order valence-corrected chi connectivity index (χ0v) is 17.5. The summed E-state index contributed by atoms with van der Waals surface area (Å²) in [7, 11) is 0. The first kappa shape index (κ1) is 19.7. The monoisotopic (exact) mass is 398 g/mol. The standard InChI is InChI=1S/C25H26N4O/c1-25(2,3)17-9-11-18(12-10-17)28-23(30)15-29-21-7-5-4-6-19(21)20-14-16(24(26)27)8-13-22(20)29/h4-14H,15H2,1-3H3,(H3,26,27)(H,28,30). The molecule has 0 spiro atoms. The van der Waals surface area contributed by atoms with Crippen LogP contribution >= 0.6 is 0 Å². The van der Waals surface area contributed by atoms with Gasteiger partial charge in [-0.05, 0) is 47.4 Å². The molecule has 0 aliphatic rings. The summed E-state index contributed by atoms with van der Waals surface area (Å²) in [4.78, 5) is 12.8. The number of amidine groups is 1. The molecule has 5 heteroatoms. The van der Waals surface area contributed by atoms with Gasteiger partial charge in [-0.15, -0.1) is 0 Å². The van der Waals surface area contributed by atoms with E-state index in [9.17, 15) is 4.79 Å². The van der Waals surface area contributed by atoms with Crippen LogP contribution < -0.4 is 11.1 Å². The minimum absolute atomic E-state index is 0.0326. The van der Waals surface area contributed by atoms with Crippen LogP contribution in [0.25, 0.3) is 21.8 Å². The lowest BCUT2D eigenvalue weighted by Crippen LogP contribution is -2.19. The molecule has 0 aliphatic carbocycles. The van der Waals surface area contributed by atoms with Gasteiger partial charge in [0.1, 0.15) is 12.4 Å². The molecule has 152 valence electrons. The molecule has 30 heavy (non-hydrogen) atoms. The van der Waals surface area contributed by atoms with Crippen LogP contribution in [0.5, 0.6) is 0 Å². The van der Waals surface area contributed by atoms with Crippen molar-refractivity contribution in [1.29, 1.82) is 5.41 Å². The summed E-state index contributed by atoms with van der Waals surface area (Å²) in [6, 6.07) is 21.7. The number of benzene rings is 3. The van der Waals surface area contributed by atoms with Crippen molar-refractivity contribution in [2.45, 2.75) is 32.7 Å². The minimum Gasteiger partial charge on any atom is -0.384 e. The lowest BCUT2D eigenvalue weighted by Gasteiger charge is -2.19. The van der Waals surface area contributed by atoms with E-state index in [0.29, 0.717) is 5.56 Å². The number of hydrogen-bond acceptors (Lipinski definition) is 2. The number of amides is 1. The molecule has 5 nitrogen and oxygen atoms in total. The van der Waals surface area contributed by atoms with E-state index in [4.69, 9.17) is 11.1 Å². The first-order valence-corrected chi connectivity index (χ1v) is 10.00. The Hall–Kier alpha value is -3.60.